The Labute approximate surface area is 198 Å². The molecule has 34 heavy (non-hydrogen) atoms. The molecular weight excluding hydrogens is 429 g/mol. The minimum Gasteiger partial charge on any atom is -0.465 e. The molecule has 1 aliphatic rings. The molecule has 2 aromatic heterocycles. The minimum atomic E-state index is -0.336. The summed E-state index contributed by atoms with van der Waals surface area (Å²) in [4.78, 5) is 18.6. The molecule has 0 fully saturated rings. The summed E-state index contributed by atoms with van der Waals surface area (Å²) in [6, 6.07) is 18.6. The van der Waals surface area contributed by atoms with Crippen molar-refractivity contribution in [3.05, 3.63) is 107 Å². The van der Waals surface area contributed by atoms with Crippen molar-refractivity contribution in [2.24, 2.45) is 0 Å². The molecule has 0 N–H and O–H groups in total. The van der Waals surface area contributed by atoms with Crippen LogP contribution in [0.1, 0.15) is 33.5 Å². The third-order valence-corrected chi connectivity index (χ3v) is 6.38. The Bertz CT molecular complexity index is 1360. The lowest BCUT2D eigenvalue weighted by Gasteiger charge is -2.26. The van der Waals surface area contributed by atoms with E-state index < -0.39 is 0 Å². The number of hydrogen-bond donors (Lipinski definition) is 0. The number of methoxy groups -OCH3 is 1. The molecule has 0 atom stereocenters. The van der Waals surface area contributed by atoms with Gasteiger partial charge in [-0.2, -0.15) is 0 Å². The fourth-order valence-electron chi connectivity index (χ4n) is 4.53. The molecule has 0 saturated heterocycles. The topological polar surface area (TPSA) is 47.4 Å². The lowest BCUT2D eigenvalue weighted by Crippen LogP contribution is -2.28. The van der Waals surface area contributed by atoms with Gasteiger partial charge in [0.2, 0.25) is 0 Å². The van der Waals surface area contributed by atoms with E-state index in [0.717, 1.165) is 41.7 Å². The second kappa shape index (κ2) is 9.61. The van der Waals surface area contributed by atoms with E-state index in [4.69, 9.17) is 4.74 Å². The number of aromatic nitrogens is 2. The number of hydrogen-bond acceptors (Lipinski definition) is 4. The maximum absolute atomic E-state index is 14.0. The first kappa shape index (κ1) is 22.0. The Morgan fingerprint density at radius 1 is 1.06 bits per heavy atom. The summed E-state index contributed by atoms with van der Waals surface area (Å²) in [5.74, 6) is -0.480. The number of benzene rings is 2. The predicted molar refractivity (Wildman–Crippen MR) is 131 cm³/mol. The van der Waals surface area contributed by atoms with Crippen LogP contribution in [-0.2, 0) is 17.8 Å². The van der Waals surface area contributed by atoms with Gasteiger partial charge in [0.25, 0.3) is 0 Å². The van der Waals surface area contributed by atoms with Crippen LogP contribution in [0.15, 0.2) is 79.1 Å². The van der Waals surface area contributed by atoms with E-state index >= 15 is 0 Å². The number of rotatable bonds is 6. The number of fused-ring (bicyclic) bond motifs is 1. The average Bonchev–Trinajstić information content (AvgIpc) is 3.29. The number of pyridine rings is 1. The lowest BCUT2D eigenvalue weighted by atomic mass is 9.97. The van der Waals surface area contributed by atoms with Crippen LogP contribution in [0.3, 0.4) is 0 Å². The Morgan fingerprint density at radius 2 is 1.88 bits per heavy atom. The van der Waals surface area contributed by atoms with Gasteiger partial charge in [-0.3, -0.25) is 4.90 Å². The zero-order valence-corrected chi connectivity index (χ0v) is 19.1. The lowest BCUT2D eigenvalue weighted by molar-refractivity contribution is 0.0600. The standard InChI is InChI=1S/C28H26FN3O2/c1-34-28(33)22-8-6-20(7-9-22)18-32-17-13-25-24(10-14-30-27(25)32)21-11-15-31(16-12-21)19-23-4-2-3-5-26(23)29/h2-11,13-14,17H,12,15-16,18-19H2,1H3. The third-order valence-electron chi connectivity index (χ3n) is 6.38. The molecule has 0 spiro atoms. The van der Waals surface area contributed by atoms with Gasteiger partial charge in [0.15, 0.2) is 0 Å². The molecule has 5 rings (SSSR count). The summed E-state index contributed by atoms with van der Waals surface area (Å²) in [5.41, 5.74) is 5.80. The summed E-state index contributed by atoms with van der Waals surface area (Å²) in [6.07, 6.45) is 7.08. The molecule has 2 aromatic carbocycles. The summed E-state index contributed by atoms with van der Waals surface area (Å²) in [7, 11) is 1.38. The highest BCUT2D eigenvalue weighted by Gasteiger charge is 2.17. The Morgan fingerprint density at radius 3 is 2.62 bits per heavy atom. The van der Waals surface area contributed by atoms with Gasteiger partial charge in [0.1, 0.15) is 11.5 Å². The van der Waals surface area contributed by atoms with E-state index in [1.807, 2.05) is 30.5 Å². The molecule has 172 valence electrons. The van der Waals surface area contributed by atoms with Gasteiger partial charge in [0, 0.05) is 49.5 Å². The fourth-order valence-corrected chi connectivity index (χ4v) is 4.53. The molecule has 5 nitrogen and oxygen atoms in total. The van der Waals surface area contributed by atoms with Crippen LogP contribution in [0.2, 0.25) is 0 Å². The number of nitrogens with zero attached hydrogens (tertiary/aromatic N) is 3. The fraction of sp³-hybridized carbons (Fsp3) is 0.214. The SMILES string of the molecule is COC(=O)c1ccc(Cn2ccc3c(C4=CCN(Cc5ccccc5F)CC4)ccnc32)cc1. The molecular formula is C28H26FN3O2. The first-order chi connectivity index (χ1) is 16.6. The molecule has 3 heterocycles. The molecule has 0 amide bonds. The summed E-state index contributed by atoms with van der Waals surface area (Å²) in [5, 5.41) is 1.13. The van der Waals surface area contributed by atoms with Crippen LogP contribution in [-0.4, -0.2) is 40.6 Å². The molecule has 0 aliphatic carbocycles. The van der Waals surface area contributed by atoms with Crippen LogP contribution in [0, 0.1) is 5.82 Å². The highest BCUT2D eigenvalue weighted by molar-refractivity contribution is 5.91. The van der Waals surface area contributed by atoms with Gasteiger partial charge in [-0.1, -0.05) is 36.4 Å². The van der Waals surface area contributed by atoms with E-state index in [1.165, 1.54) is 24.3 Å². The Hall–Kier alpha value is -3.77. The van der Waals surface area contributed by atoms with Crippen molar-refractivity contribution >= 4 is 22.6 Å². The normalized spacial score (nSPS) is 14.2. The highest BCUT2D eigenvalue weighted by Crippen LogP contribution is 2.30. The second-order valence-corrected chi connectivity index (χ2v) is 8.53. The van der Waals surface area contributed by atoms with Crippen LogP contribution in [0.25, 0.3) is 16.6 Å². The number of halogens is 1. The van der Waals surface area contributed by atoms with Crippen LogP contribution in [0.4, 0.5) is 4.39 Å². The van der Waals surface area contributed by atoms with Gasteiger partial charge in [0.05, 0.1) is 12.7 Å². The average molecular weight is 456 g/mol. The van der Waals surface area contributed by atoms with E-state index in [0.29, 0.717) is 18.7 Å². The number of ether oxygens (including phenoxy) is 1. The van der Waals surface area contributed by atoms with Gasteiger partial charge >= 0.3 is 5.97 Å². The molecule has 6 heteroatoms. The second-order valence-electron chi connectivity index (χ2n) is 8.53. The van der Waals surface area contributed by atoms with E-state index in [1.54, 1.807) is 18.2 Å². The molecule has 0 bridgehead atoms. The zero-order chi connectivity index (χ0) is 23.5. The maximum Gasteiger partial charge on any atom is 0.337 e. The van der Waals surface area contributed by atoms with Crippen molar-refractivity contribution in [2.45, 2.75) is 19.5 Å². The van der Waals surface area contributed by atoms with Gasteiger partial charge in [-0.15, -0.1) is 0 Å². The van der Waals surface area contributed by atoms with E-state index in [9.17, 15) is 9.18 Å². The molecule has 0 radical (unpaired) electrons. The monoisotopic (exact) mass is 455 g/mol. The predicted octanol–water partition coefficient (Wildman–Crippen LogP) is 5.30. The van der Waals surface area contributed by atoms with Crippen molar-refractivity contribution < 1.29 is 13.9 Å². The van der Waals surface area contributed by atoms with Crippen LogP contribution < -0.4 is 0 Å². The molecule has 4 aromatic rings. The minimum absolute atomic E-state index is 0.144. The quantitative estimate of drug-likeness (QED) is 0.370. The number of carbonyl (C=O) groups excluding carboxylic acids is 1. The summed E-state index contributed by atoms with van der Waals surface area (Å²) < 4.78 is 20.9. The third kappa shape index (κ3) is 4.50. The largest absolute Gasteiger partial charge is 0.465 e. The van der Waals surface area contributed by atoms with Crippen molar-refractivity contribution in [3.8, 4) is 0 Å². The van der Waals surface area contributed by atoms with Crippen molar-refractivity contribution in [3.63, 3.8) is 0 Å². The van der Waals surface area contributed by atoms with Crippen molar-refractivity contribution in [2.75, 3.05) is 20.2 Å². The first-order valence-electron chi connectivity index (χ1n) is 11.4. The molecule has 1 aliphatic heterocycles. The van der Waals surface area contributed by atoms with Crippen LogP contribution >= 0.6 is 0 Å². The Balaban J connectivity index is 1.33. The highest BCUT2D eigenvalue weighted by atomic mass is 19.1. The number of esters is 1. The van der Waals surface area contributed by atoms with Gasteiger partial charge < -0.3 is 9.30 Å². The Kier molecular flexibility index (Phi) is 6.23. The van der Waals surface area contributed by atoms with Gasteiger partial charge in [-0.05, 0) is 53.5 Å². The van der Waals surface area contributed by atoms with Crippen molar-refractivity contribution in [1.82, 2.24) is 14.5 Å². The smallest absolute Gasteiger partial charge is 0.337 e. The zero-order valence-electron chi connectivity index (χ0n) is 19.1. The number of carbonyl (C=O) groups is 1. The van der Waals surface area contributed by atoms with Crippen molar-refractivity contribution in [1.29, 1.82) is 0 Å². The maximum atomic E-state index is 14.0. The summed E-state index contributed by atoms with van der Waals surface area (Å²) in [6.45, 7) is 2.96. The molecule has 0 unspecified atom stereocenters. The van der Waals surface area contributed by atoms with Crippen LogP contribution in [0.5, 0.6) is 0 Å². The van der Waals surface area contributed by atoms with E-state index in [-0.39, 0.29) is 11.8 Å². The van der Waals surface area contributed by atoms with Gasteiger partial charge in [-0.25, -0.2) is 14.2 Å². The van der Waals surface area contributed by atoms with E-state index in [2.05, 4.69) is 38.9 Å². The summed E-state index contributed by atoms with van der Waals surface area (Å²) >= 11 is 0. The molecule has 0 saturated carbocycles. The first-order valence-corrected chi connectivity index (χ1v) is 11.4.